The molecule has 0 aromatic carbocycles. The summed E-state index contributed by atoms with van der Waals surface area (Å²) in [6, 6.07) is 0. The van der Waals surface area contributed by atoms with Crippen LogP contribution < -0.4 is 0 Å². The van der Waals surface area contributed by atoms with E-state index in [1.807, 2.05) is 6.92 Å². The summed E-state index contributed by atoms with van der Waals surface area (Å²) >= 11 is 0. The highest BCUT2D eigenvalue weighted by Crippen LogP contribution is 1.90. The van der Waals surface area contributed by atoms with Crippen LogP contribution in [0.5, 0.6) is 0 Å². The van der Waals surface area contributed by atoms with Crippen LogP contribution >= 0.6 is 0 Å². The minimum Gasteiger partial charge on any atom is -0.396 e. The Hall–Kier alpha value is -0.480. The molecule has 1 N–H and O–H groups in total. The molecule has 0 amide bonds. The van der Waals surface area contributed by atoms with Crippen molar-refractivity contribution in [3.8, 4) is 11.8 Å². The summed E-state index contributed by atoms with van der Waals surface area (Å²) in [6.45, 7) is 2.13. The molecule has 0 unspecified atom stereocenters. The van der Waals surface area contributed by atoms with Crippen LogP contribution in [0.1, 0.15) is 26.2 Å². The van der Waals surface area contributed by atoms with Crippen molar-refractivity contribution in [1.29, 1.82) is 0 Å². The van der Waals surface area contributed by atoms with Crippen molar-refractivity contribution in [2.75, 3.05) is 6.61 Å². The van der Waals surface area contributed by atoms with E-state index in [9.17, 15) is 0 Å². The lowest BCUT2D eigenvalue weighted by Gasteiger charge is -1.86. The van der Waals surface area contributed by atoms with Crippen LogP contribution in [-0.4, -0.2) is 11.7 Å². The largest absolute Gasteiger partial charge is 0.396 e. The smallest absolute Gasteiger partial charge is 0.0431 e. The molecule has 1 heteroatoms. The number of hydrogen-bond donors (Lipinski definition) is 1. The Balaban J connectivity index is 2.79. The maximum Gasteiger partial charge on any atom is 0.0431 e. The Morgan fingerprint density at radius 1 is 1.38 bits per heavy atom. The van der Waals surface area contributed by atoms with E-state index in [1.165, 1.54) is 0 Å². The van der Waals surface area contributed by atoms with Gasteiger partial charge < -0.3 is 5.11 Å². The van der Waals surface area contributed by atoms with Gasteiger partial charge in [0.1, 0.15) is 0 Å². The highest BCUT2D eigenvalue weighted by atomic mass is 16.2. The van der Waals surface area contributed by atoms with Gasteiger partial charge in [-0.2, -0.15) is 0 Å². The van der Waals surface area contributed by atoms with E-state index in [0.29, 0.717) is 6.61 Å². The highest BCUT2D eigenvalue weighted by Gasteiger charge is 1.79. The number of aliphatic hydroxyl groups excluding tert-OH is 1. The van der Waals surface area contributed by atoms with Crippen molar-refractivity contribution >= 4 is 0 Å². The van der Waals surface area contributed by atoms with Gasteiger partial charge in [0.15, 0.2) is 0 Å². The molecule has 0 atom stereocenters. The van der Waals surface area contributed by atoms with Gasteiger partial charge in [-0.3, -0.25) is 0 Å². The fraction of sp³-hybridized carbons (Fsp3) is 0.714. The molecule has 0 saturated carbocycles. The van der Waals surface area contributed by atoms with Crippen LogP contribution in [0.2, 0.25) is 0 Å². The van der Waals surface area contributed by atoms with Gasteiger partial charge in [0.2, 0.25) is 0 Å². The molecule has 0 heterocycles. The minimum atomic E-state index is 0.297. The van der Waals surface area contributed by atoms with Crippen LogP contribution in [0, 0.1) is 11.8 Å². The van der Waals surface area contributed by atoms with Crippen molar-refractivity contribution in [1.82, 2.24) is 0 Å². The van der Waals surface area contributed by atoms with Crippen LogP contribution in [0.25, 0.3) is 0 Å². The van der Waals surface area contributed by atoms with Gasteiger partial charge in [-0.05, 0) is 19.8 Å². The SMILES string of the molecule is CC#CCCCCO. The van der Waals surface area contributed by atoms with E-state index in [2.05, 4.69) is 11.8 Å². The third-order valence-electron chi connectivity index (χ3n) is 0.887. The van der Waals surface area contributed by atoms with Crippen LogP contribution in [0.4, 0.5) is 0 Å². The Bertz CT molecular complexity index is 86.3. The first-order chi connectivity index (χ1) is 3.91. The lowest BCUT2D eigenvalue weighted by atomic mass is 10.2. The van der Waals surface area contributed by atoms with Crippen molar-refractivity contribution in [3.05, 3.63) is 0 Å². The second kappa shape index (κ2) is 6.52. The maximum atomic E-state index is 8.32. The van der Waals surface area contributed by atoms with Gasteiger partial charge in [-0.1, -0.05) is 0 Å². The van der Waals surface area contributed by atoms with Gasteiger partial charge >= 0.3 is 0 Å². The summed E-state index contributed by atoms with van der Waals surface area (Å²) in [7, 11) is 0. The zero-order valence-electron chi connectivity index (χ0n) is 5.28. The molecule has 0 radical (unpaired) electrons. The molecule has 46 valence electrons. The fourth-order valence-electron chi connectivity index (χ4n) is 0.450. The lowest BCUT2D eigenvalue weighted by Crippen LogP contribution is -1.79. The van der Waals surface area contributed by atoms with Crippen molar-refractivity contribution < 1.29 is 5.11 Å². The van der Waals surface area contributed by atoms with Gasteiger partial charge in [0.05, 0.1) is 0 Å². The molecule has 0 rings (SSSR count). The van der Waals surface area contributed by atoms with Gasteiger partial charge in [0.25, 0.3) is 0 Å². The third kappa shape index (κ3) is 5.52. The molecule has 0 fully saturated rings. The number of rotatable bonds is 3. The summed E-state index contributed by atoms with van der Waals surface area (Å²) in [6.07, 6.45) is 2.84. The first-order valence-electron chi connectivity index (χ1n) is 2.92. The molecule has 0 aromatic heterocycles. The number of aliphatic hydroxyl groups is 1. The molecule has 0 saturated heterocycles. The second-order valence-electron chi connectivity index (χ2n) is 1.61. The Morgan fingerprint density at radius 3 is 2.62 bits per heavy atom. The normalized spacial score (nSPS) is 7.75. The van der Waals surface area contributed by atoms with E-state index in [0.717, 1.165) is 19.3 Å². The molecule has 0 aliphatic heterocycles. The van der Waals surface area contributed by atoms with Crippen LogP contribution in [0.15, 0.2) is 0 Å². The topological polar surface area (TPSA) is 20.2 Å². The van der Waals surface area contributed by atoms with E-state index < -0.39 is 0 Å². The van der Waals surface area contributed by atoms with E-state index >= 15 is 0 Å². The standard InChI is InChI=1S/C7H12O/c1-2-3-4-5-6-7-8/h8H,4-7H2,1H3. The molecule has 0 aliphatic rings. The Labute approximate surface area is 50.7 Å². The number of hydrogen-bond acceptors (Lipinski definition) is 1. The van der Waals surface area contributed by atoms with Crippen molar-refractivity contribution in [2.24, 2.45) is 0 Å². The van der Waals surface area contributed by atoms with Crippen LogP contribution in [0.3, 0.4) is 0 Å². The summed E-state index contributed by atoms with van der Waals surface area (Å²) < 4.78 is 0. The highest BCUT2D eigenvalue weighted by molar-refractivity contribution is 4.94. The molecular formula is C7H12O. The zero-order valence-corrected chi connectivity index (χ0v) is 5.28. The quantitative estimate of drug-likeness (QED) is 0.429. The predicted octanol–water partition coefficient (Wildman–Crippen LogP) is 1.17. The Morgan fingerprint density at radius 2 is 2.12 bits per heavy atom. The average Bonchev–Trinajstić information content (AvgIpc) is 1.81. The van der Waals surface area contributed by atoms with Crippen molar-refractivity contribution in [3.63, 3.8) is 0 Å². The number of unbranched alkanes of at least 4 members (excludes halogenated alkanes) is 2. The fourth-order valence-corrected chi connectivity index (χ4v) is 0.450. The molecule has 0 bridgehead atoms. The average molecular weight is 112 g/mol. The Kier molecular flexibility index (Phi) is 6.13. The van der Waals surface area contributed by atoms with Crippen molar-refractivity contribution in [2.45, 2.75) is 26.2 Å². The monoisotopic (exact) mass is 112 g/mol. The zero-order chi connectivity index (χ0) is 6.24. The van der Waals surface area contributed by atoms with Gasteiger partial charge in [0, 0.05) is 13.0 Å². The second-order valence-corrected chi connectivity index (χ2v) is 1.61. The summed E-state index contributed by atoms with van der Waals surface area (Å²) in [4.78, 5) is 0. The molecule has 0 aliphatic carbocycles. The molecule has 0 spiro atoms. The van der Waals surface area contributed by atoms with E-state index in [1.54, 1.807) is 0 Å². The van der Waals surface area contributed by atoms with E-state index in [4.69, 9.17) is 5.11 Å². The minimum absolute atomic E-state index is 0.297. The maximum absolute atomic E-state index is 8.32. The summed E-state index contributed by atoms with van der Waals surface area (Å²) in [5.41, 5.74) is 0. The van der Waals surface area contributed by atoms with Gasteiger partial charge in [-0.25, -0.2) is 0 Å². The summed E-state index contributed by atoms with van der Waals surface area (Å²) in [5, 5.41) is 8.32. The van der Waals surface area contributed by atoms with E-state index in [-0.39, 0.29) is 0 Å². The lowest BCUT2D eigenvalue weighted by molar-refractivity contribution is 0.285. The first kappa shape index (κ1) is 7.52. The molecular weight excluding hydrogens is 100 g/mol. The predicted molar refractivity (Wildman–Crippen MR) is 34.4 cm³/mol. The summed E-state index contributed by atoms with van der Waals surface area (Å²) in [5.74, 6) is 5.72. The molecule has 1 nitrogen and oxygen atoms in total. The molecule has 8 heavy (non-hydrogen) atoms. The first-order valence-corrected chi connectivity index (χ1v) is 2.92. The van der Waals surface area contributed by atoms with Crippen LogP contribution in [-0.2, 0) is 0 Å². The molecule has 0 aromatic rings. The third-order valence-corrected chi connectivity index (χ3v) is 0.887. The van der Waals surface area contributed by atoms with Gasteiger partial charge in [-0.15, -0.1) is 11.8 Å².